The van der Waals surface area contributed by atoms with Crippen LogP contribution in [0.25, 0.3) is 5.65 Å². The Bertz CT molecular complexity index is 1130. The Morgan fingerprint density at radius 3 is 2.55 bits per heavy atom. The molecule has 4 rings (SSSR count). The van der Waals surface area contributed by atoms with Crippen molar-refractivity contribution < 1.29 is 28.6 Å². The van der Waals surface area contributed by atoms with E-state index in [0.29, 0.717) is 34.9 Å². The summed E-state index contributed by atoms with van der Waals surface area (Å²) in [6.07, 6.45) is 6.07. The van der Waals surface area contributed by atoms with Gasteiger partial charge in [0.1, 0.15) is 17.5 Å². The Balaban J connectivity index is 0.000000293. The molecule has 0 spiro atoms. The van der Waals surface area contributed by atoms with Crippen LogP contribution in [-0.2, 0) is 9.59 Å². The summed E-state index contributed by atoms with van der Waals surface area (Å²) in [5.41, 5.74) is 7.27. The summed E-state index contributed by atoms with van der Waals surface area (Å²) >= 11 is 0. The van der Waals surface area contributed by atoms with Gasteiger partial charge in [0.25, 0.3) is 0 Å². The SMILES string of the molecule is Nc1cnn2ccc(N3CCCC3c3cc(F)ccc3F)nc12.O=C(O)/C=C/C(=O)O. The third-order valence-corrected chi connectivity index (χ3v) is 4.61. The lowest BCUT2D eigenvalue weighted by Gasteiger charge is -2.26. The average Bonchev–Trinajstić information content (AvgIpc) is 3.36. The molecule has 9 nitrogen and oxygen atoms in total. The van der Waals surface area contributed by atoms with Crippen LogP contribution in [-0.4, -0.2) is 43.3 Å². The number of rotatable bonds is 4. The molecule has 3 aromatic rings. The van der Waals surface area contributed by atoms with Gasteiger partial charge in [-0.25, -0.2) is 27.9 Å². The maximum Gasteiger partial charge on any atom is 0.328 e. The van der Waals surface area contributed by atoms with Crippen LogP contribution in [0, 0.1) is 11.6 Å². The number of carboxylic acids is 2. The van der Waals surface area contributed by atoms with Crippen LogP contribution in [0.1, 0.15) is 24.4 Å². The van der Waals surface area contributed by atoms with Crippen molar-refractivity contribution in [1.82, 2.24) is 14.6 Å². The molecule has 0 amide bonds. The van der Waals surface area contributed by atoms with E-state index in [4.69, 9.17) is 15.9 Å². The summed E-state index contributed by atoms with van der Waals surface area (Å²) in [5.74, 6) is -2.65. The number of hydrogen-bond donors (Lipinski definition) is 3. The van der Waals surface area contributed by atoms with E-state index in [1.807, 2.05) is 11.0 Å². The topological polar surface area (TPSA) is 134 Å². The number of hydrogen-bond acceptors (Lipinski definition) is 6. The Labute approximate surface area is 175 Å². The van der Waals surface area contributed by atoms with E-state index in [0.717, 1.165) is 25.5 Å². The van der Waals surface area contributed by atoms with Crippen LogP contribution >= 0.6 is 0 Å². The molecule has 0 saturated carbocycles. The third-order valence-electron chi connectivity index (χ3n) is 4.61. The Kier molecular flexibility index (Phi) is 6.43. The monoisotopic (exact) mass is 431 g/mol. The Morgan fingerprint density at radius 2 is 1.87 bits per heavy atom. The van der Waals surface area contributed by atoms with Gasteiger partial charge in [-0.2, -0.15) is 5.10 Å². The van der Waals surface area contributed by atoms with Gasteiger partial charge in [-0.15, -0.1) is 0 Å². The highest BCUT2D eigenvalue weighted by molar-refractivity contribution is 5.89. The van der Waals surface area contributed by atoms with Crippen LogP contribution in [0.5, 0.6) is 0 Å². The number of nitrogen functional groups attached to an aromatic ring is 1. The molecule has 31 heavy (non-hydrogen) atoms. The molecule has 0 bridgehead atoms. The van der Waals surface area contributed by atoms with Gasteiger partial charge in [0.15, 0.2) is 5.65 Å². The molecule has 1 atom stereocenters. The number of aromatic nitrogens is 3. The molecule has 1 unspecified atom stereocenters. The van der Waals surface area contributed by atoms with E-state index in [1.54, 1.807) is 16.9 Å². The molecule has 2 aromatic heterocycles. The lowest BCUT2D eigenvalue weighted by Crippen LogP contribution is -2.24. The van der Waals surface area contributed by atoms with Gasteiger partial charge in [0.2, 0.25) is 0 Å². The van der Waals surface area contributed by atoms with Crippen molar-refractivity contribution >= 4 is 29.1 Å². The molecule has 1 saturated heterocycles. The number of nitrogens with two attached hydrogens (primary N) is 1. The quantitative estimate of drug-likeness (QED) is 0.537. The first kappa shape index (κ1) is 21.7. The highest BCUT2D eigenvalue weighted by Gasteiger charge is 2.29. The van der Waals surface area contributed by atoms with Gasteiger partial charge in [0.05, 0.1) is 17.9 Å². The van der Waals surface area contributed by atoms with Gasteiger partial charge in [-0.1, -0.05) is 0 Å². The molecule has 162 valence electrons. The summed E-state index contributed by atoms with van der Waals surface area (Å²) in [6.45, 7) is 0.734. The lowest BCUT2D eigenvalue weighted by molar-refractivity contribution is -0.134. The van der Waals surface area contributed by atoms with E-state index < -0.39 is 23.6 Å². The summed E-state index contributed by atoms with van der Waals surface area (Å²) in [5, 5.41) is 19.7. The second-order valence-corrected chi connectivity index (χ2v) is 6.68. The van der Waals surface area contributed by atoms with Crippen molar-refractivity contribution in [2.75, 3.05) is 17.2 Å². The second-order valence-electron chi connectivity index (χ2n) is 6.68. The first-order valence-electron chi connectivity index (χ1n) is 9.21. The van der Waals surface area contributed by atoms with E-state index in [-0.39, 0.29) is 6.04 Å². The fourth-order valence-corrected chi connectivity index (χ4v) is 3.31. The maximum atomic E-state index is 14.1. The van der Waals surface area contributed by atoms with Crippen molar-refractivity contribution in [2.45, 2.75) is 18.9 Å². The van der Waals surface area contributed by atoms with E-state index in [9.17, 15) is 18.4 Å². The number of halogens is 2. The molecule has 4 N–H and O–H groups in total. The zero-order valence-electron chi connectivity index (χ0n) is 16.2. The largest absolute Gasteiger partial charge is 0.478 e. The number of carbonyl (C=O) groups is 2. The van der Waals surface area contributed by atoms with E-state index in [1.165, 1.54) is 12.1 Å². The standard InChI is InChI=1S/C16H15F2N5.C4H4O4/c17-10-3-4-12(18)11(8-10)14-2-1-6-22(14)15-5-7-23-16(21-15)13(19)9-20-23;5-3(6)1-2-4(7)8/h3-5,7-9,14H,1-2,6,19H2;1-2H,(H,5,6)(H,7,8)/b;2-1+. The minimum atomic E-state index is -1.26. The summed E-state index contributed by atoms with van der Waals surface area (Å²) in [4.78, 5) is 25.6. The summed E-state index contributed by atoms with van der Waals surface area (Å²) < 4.78 is 29.2. The highest BCUT2D eigenvalue weighted by Crippen LogP contribution is 2.36. The first-order chi connectivity index (χ1) is 14.8. The minimum absolute atomic E-state index is 0.232. The first-order valence-corrected chi connectivity index (χ1v) is 9.21. The lowest BCUT2D eigenvalue weighted by atomic mass is 10.0. The van der Waals surface area contributed by atoms with E-state index >= 15 is 0 Å². The number of fused-ring (bicyclic) bond motifs is 1. The number of aliphatic carboxylic acids is 2. The normalized spacial score (nSPS) is 15.8. The van der Waals surface area contributed by atoms with Crippen molar-refractivity contribution in [1.29, 1.82) is 0 Å². The molecule has 0 aliphatic carbocycles. The van der Waals surface area contributed by atoms with Crippen LogP contribution in [0.4, 0.5) is 20.3 Å². The van der Waals surface area contributed by atoms with Crippen molar-refractivity contribution in [3.05, 3.63) is 66.0 Å². The molecular formula is C20H19F2N5O4. The number of nitrogens with zero attached hydrogens (tertiary/aromatic N) is 4. The second kappa shape index (κ2) is 9.20. The summed E-state index contributed by atoms with van der Waals surface area (Å²) in [6, 6.07) is 5.16. The van der Waals surface area contributed by atoms with Crippen LogP contribution in [0.2, 0.25) is 0 Å². The Morgan fingerprint density at radius 1 is 1.16 bits per heavy atom. The zero-order valence-corrected chi connectivity index (χ0v) is 16.2. The van der Waals surface area contributed by atoms with E-state index in [2.05, 4.69) is 10.1 Å². The minimum Gasteiger partial charge on any atom is -0.478 e. The molecule has 11 heteroatoms. The van der Waals surface area contributed by atoms with Crippen LogP contribution in [0.15, 0.2) is 48.8 Å². The van der Waals surface area contributed by atoms with Crippen molar-refractivity contribution in [3.8, 4) is 0 Å². The predicted octanol–water partition coefficient (Wildman–Crippen LogP) is 2.64. The molecule has 1 aromatic carbocycles. The van der Waals surface area contributed by atoms with Gasteiger partial charge in [0, 0.05) is 30.5 Å². The molecule has 1 fully saturated rings. The van der Waals surface area contributed by atoms with Gasteiger partial charge >= 0.3 is 11.9 Å². The van der Waals surface area contributed by atoms with Crippen molar-refractivity contribution in [3.63, 3.8) is 0 Å². The molecule has 1 aliphatic rings. The fraction of sp³-hybridized carbons (Fsp3) is 0.200. The van der Waals surface area contributed by atoms with Crippen molar-refractivity contribution in [2.24, 2.45) is 0 Å². The number of anilines is 2. The Hall–Kier alpha value is -4.02. The maximum absolute atomic E-state index is 14.1. The number of carboxylic acid groups (broad SMARTS) is 2. The van der Waals surface area contributed by atoms with Gasteiger partial charge < -0.3 is 20.8 Å². The van der Waals surface area contributed by atoms with Crippen LogP contribution in [0.3, 0.4) is 0 Å². The zero-order chi connectivity index (χ0) is 22.5. The highest BCUT2D eigenvalue weighted by atomic mass is 19.1. The smallest absolute Gasteiger partial charge is 0.328 e. The predicted molar refractivity (Wildman–Crippen MR) is 107 cm³/mol. The molecule has 0 radical (unpaired) electrons. The third kappa shape index (κ3) is 5.13. The number of benzene rings is 1. The molecular weight excluding hydrogens is 412 g/mol. The van der Waals surface area contributed by atoms with Crippen LogP contribution < -0.4 is 10.6 Å². The fourth-order valence-electron chi connectivity index (χ4n) is 3.31. The molecule has 3 heterocycles. The molecule has 1 aliphatic heterocycles. The average molecular weight is 431 g/mol. The summed E-state index contributed by atoms with van der Waals surface area (Å²) in [7, 11) is 0. The van der Waals surface area contributed by atoms with Gasteiger partial charge in [-0.05, 0) is 37.1 Å². The van der Waals surface area contributed by atoms with Gasteiger partial charge in [-0.3, -0.25) is 0 Å².